The van der Waals surface area contributed by atoms with Crippen LogP contribution in [-0.4, -0.2) is 11.6 Å². The molecule has 1 unspecified atom stereocenters. The van der Waals surface area contributed by atoms with E-state index in [1.165, 1.54) is 29.7 Å². The molecule has 6 rings (SSSR count). The summed E-state index contributed by atoms with van der Waals surface area (Å²) in [6.45, 7) is 0. The zero-order valence-corrected chi connectivity index (χ0v) is 18.7. The van der Waals surface area contributed by atoms with Crippen molar-refractivity contribution in [2.24, 2.45) is 10.7 Å². The Bertz CT molecular complexity index is 1240. The molecule has 2 aromatic heterocycles. The van der Waals surface area contributed by atoms with Crippen molar-refractivity contribution in [1.82, 2.24) is 0 Å². The van der Waals surface area contributed by atoms with E-state index in [1.807, 2.05) is 17.5 Å². The summed E-state index contributed by atoms with van der Waals surface area (Å²) in [5.74, 6) is 0.962. The first-order valence-corrected chi connectivity index (χ1v) is 12.6. The molecule has 2 aromatic rings. The van der Waals surface area contributed by atoms with Crippen LogP contribution in [0.25, 0.3) is 0 Å². The van der Waals surface area contributed by atoms with Gasteiger partial charge in [-0.25, -0.2) is 4.99 Å². The molecule has 2 aliphatic heterocycles. The smallest absolute Gasteiger partial charge is 0.161 e. The highest BCUT2D eigenvalue weighted by Crippen LogP contribution is 2.53. The van der Waals surface area contributed by atoms with Gasteiger partial charge in [-0.15, -0.1) is 22.7 Å². The molecule has 0 amide bonds. The van der Waals surface area contributed by atoms with Crippen LogP contribution in [0.15, 0.2) is 45.2 Å². The molecule has 0 fully saturated rings. The van der Waals surface area contributed by atoms with E-state index in [1.54, 1.807) is 22.7 Å². The average Bonchev–Trinajstić information content (AvgIpc) is 3.36. The van der Waals surface area contributed by atoms with E-state index in [0.29, 0.717) is 23.7 Å². The fraction of sp³-hybridized carbons (Fsp3) is 0.375. The SMILES string of the molecule is N#CC1=C2N=C(N)c3c(sc4c3CCCCC4)N2C2=C(C(=O)CCC2)C1c1cccs1. The number of carbonyl (C=O) groups excluding carboxylic acids is 1. The second-order valence-corrected chi connectivity index (χ2v) is 10.6. The lowest BCUT2D eigenvalue weighted by molar-refractivity contribution is -0.116. The van der Waals surface area contributed by atoms with Gasteiger partial charge in [0, 0.05) is 27.4 Å². The third-order valence-corrected chi connectivity index (χ3v) is 8.98. The van der Waals surface area contributed by atoms with Crippen LogP contribution in [0.1, 0.15) is 65.3 Å². The van der Waals surface area contributed by atoms with E-state index in [0.717, 1.165) is 52.4 Å². The first-order chi connectivity index (χ1) is 15.2. The lowest BCUT2D eigenvalue weighted by atomic mass is 9.78. The minimum absolute atomic E-state index is 0.161. The number of nitrogens with two attached hydrogens (primary N) is 1. The lowest BCUT2D eigenvalue weighted by Gasteiger charge is -2.40. The Labute approximate surface area is 189 Å². The molecule has 4 heterocycles. The van der Waals surface area contributed by atoms with Crippen molar-refractivity contribution in [3.05, 3.63) is 61.1 Å². The number of allylic oxidation sites excluding steroid dienone is 3. The molecule has 4 aliphatic rings. The Balaban J connectivity index is 1.64. The van der Waals surface area contributed by atoms with Crippen molar-refractivity contribution in [1.29, 1.82) is 5.26 Å². The second kappa shape index (κ2) is 7.18. The molecular formula is C24H22N4OS2. The number of hydrogen-bond acceptors (Lipinski definition) is 7. The van der Waals surface area contributed by atoms with Gasteiger partial charge in [-0.3, -0.25) is 9.69 Å². The molecule has 0 radical (unpaired) electrons. The summed E-state index contributed by atoms with van der Waals surface area (Å²) in [6.07, 6.45) is 7.90. The minimum Gasteiger partial charge on any atom is -0.383 e. The van der Waals surface area contributed by atoms with Crippen molar-refractivity contribution >= 4 is 39.3 Å². The lowest BCUT2D eigenvalue weighted by Crippen LogP contribution is -2.38. The average molecular weight is 447 g/mol. The van der Waals surface area contributed by atoms with Gasteiger partial charge in [0.05, 0.1) is 23.1 Å². The normalized spacial score (nSPS) is 22.8. The van der Waals surface area contributed by atoms with Crippen LogP contribution < -0.4 is 10.6 Å². The van der Waals surface area contributed by atoms with Crippen LogP contribution in [0.2, 0.25) is 0 Å². The fourth-order valence-corrected chi connectivity index (χ4v) is 7.70. The highest BCUT2D eigenvalue weighted by Gasteiger charge is 2.44. The molecular weight excluding hydrogens is 424 g/mol. The largest absolute Gasteiger partial charge is 0.383 e. The van der Waals surface area contributed by atoms with E-state index >= 15 is 0 Å². The topological polar surface area (TPSA) is 82.5 Å². The van der Waals surface area contributed by atoms with Gasteiger partial charge >= 0.3 is 0 Å². The number of nitrogens with zero attached hydrogens (tertiary/aromatic N) is 3. The van der Waals surface area contributed by atoms with E-state index in [2.05, 4.69) is 11.0 Å². The van der Waals surface area contributed by atoms with Crippen molar-refractivity contribution in [3.8, 4) is 6.07 Å². The molecule has 7 heteroatoms. The van der Waals surface area contributed by atoms with Crippen molar-refractivity contribution in [2.75, 3.05) is 4.90 Å². The molecule has 0 bridgehead atoms. The minimum atomic E-state index is -0.338. The van der Waals surface area contributed by atoms with Crippen LogP contribution in [0, 0.1) is 11.3 Å². The van der Waals surface area contributed by atoms with E-state index in [-0.39, 0.29) is 11.7 Å². The zero-order chi connectivity index (χ0) is 21.1. The maximum Gasteiger partial charge on any atom is 0.161 e. The molecule has 1 atom stereocenters. The van der Waals surface area contributed by atoms with Crippen molar-refractivity contribution in [2.45, 2.75) is 57.3 Å². The predicted octanol–water partition coefficient (Wildman–Crippen LogP) is 5.14. The van der Waals surface area contributed by atoms with Crippen LogP contribution in [-0.2, 0) is 17.6 Å². The molecule has 2 aliphatic carbocycles. The number of hydrogen-bond donors (Lipinski definition) is 1. The number of Topliss-reactive ketones (excluding diaryl/α,β-unsaturated/α-hetero) is 1. The van der Waals surface area contributed by atoms with Gasteiger partial charge in [0.25, 0.3) is 0 Å². The monoisotopic (exact) mass is 446 g/mol. The van der Waals surface area contributed by atoms with Gasteiger partial charge in [-0.1, -0.05) is 12.5 Å². The summed E-state index contributed by atoms with van der Waals surface area (Å²) < 4.78 is 0. The summed E-state index contributed by atoms with van der Waals surface area (Å²) in [5.41, 5.74) is 11.3. The number of thiophene rings is 2. The summed E-state index contributed by atoms with van der Waals surface area (Å²) in [5, 5.41) is 13.3. The number of carbonyl (C=O) groups is 1. The number of aryl methyl sites for hydroxylation is 1. The quantitative estimate of drug-likeness (QED) is 0.615. The maximum atomic E-state index is 13.2. The van der Waals surface area contributed by atoms with Crippen molar-refractivity contribution < 1.29 is 4.79 Å². The van der Waals surface area contributed by atoms with Gasteiger partial charge in [-0.05, 0) is 55.5 Å². The molecule has 5 nitrogen and oxygen atoms in total. The van der Waals surface area contributed by atoms with Crippen LogP contribution >= 0.6 is 22.7 Å². The highest BCUT2D eigenvalue weighted by atomic mass is 32.1. The molecule has 0 saturated heterocycles. The van der Waals surface area contributed by atoms with Gasteiger partial charge in [0.1, 0.15) is 10.8 Å². The molecule has 0 aromatic carbocycles. The molecule has 0 saturated carbocycles. The molecule has 0 spiro atoms. The Hall–Kier alpha value is -2.69. The standard InChI is InChI=1S/C24H22N4OS2/c25-12-14-19(18-10-5-11-30-18)21-15(7-4-8-16(21)29)28-23(14)27-22(26)20-13-6-2-1-3-9-17(13)31-24(20)28/h5,10-11,19H,1-4,6-9H2,(H2,26,27). The molecule has 156 valence electrons. The van der Waals surface area contributed by atoms with Crippen molar-refractivity contribution in [3.63, 3.8) is 0 Å². The summed E-state index contributed by atoms with van der Waals surface area (Å²) in [4.78, 5) is 22.6. The Kier molecular flexibility index (Phi) is 4.41. The number of nitriles is 1. The van der Waals surface area contributed by atoms with Crippen LogP contribution in [0.5, 0.6) is 0 Å². The Morgan fingerprint density at radius 1 is 1.16 bits per heavy atom. The van der Waals surface area contributed by atoms with Gasteiger partial charge < -0.3 is 5.73 Å². The molecule has 2 N–H and O–H groups in total. The second-order valence-electron chi connectivity index (χ2n) is 8.51. The Morgan fingerprint density at radius 2 is 2.03 bits per heavy atom. The van der Waals surface area contributed by atoms with Crippen LogP contribution in [0.3, 0.4) is 0 Å². The van der Waals surface area contributed by atoms with Gasteiger partial charge in [-0.2, -0.15) is 5.26 Å². The number of anilines is 1. The van der Waals surface area contributed by atoms with E-state index in [4.69, 9.17) is 10.7 Å². The third-order valence-electron chi connectivity index (χ3n) is 6.77. The Morgan fingerprint density at radius 3 is 2.84 bits per heavy atom. The summed E-state index contributed by atoms with van der Waals surface area (Å²) in [7, 11) is 0. The van der Waals surface area contributed by atoms with Gasteiger partial charge in [0.15, 0.2) is 11.6 Å². The number of aliphatic imine (C=N–C) groups is 1. The van der Waals surface area contributed by atoms with E-state index < -0.39 is 0 Å². The summed E-state index contributed by atoms with van der Waals surface area (Å²) in [6, 6.07) is 6.41. The third kappa shape index (κ3) is 2.71. The van der Waals surface area contributed by atoms with E-state index in [9.17, 15) is 10.1 Å². The predicted molar refractivity (Wildman–Crippen MR) is 124 cm³/mol. The summed E-state index contributed by atoms with van der Waals surface area (Å²) >= 11 is 3.38. The fourth-order valence-electron chi connectivity index (χ4n) is 5.43. The first kappa shape index (κ1) is 19.0. The van der Waals surface area contributed by atoms with Gasteiger partial charge in [0.2, 0.25) is 0 Å². The highest BCUT2D eigenvalue weighted by molar-refractivity contribution is 7.17. The first-order valence-electron chi connectivity index (χ1n) is 10.9. The maximum absolute atomic E-state index is 13.2. The number of ketones is 1. The molecule has 31 heavy (non-hydrogen) atoms. The zero-order valence-electron chi connectivity index (χ0n) is 17.1. The number of fused-ring (bicyclic) bond motifs is 6. The van der Waals surface area contributed by atoms with Crippen LogP contribution in [0.4, 0.5) is 5.00 Å². The number of rotatable bonds is 1. The number of amidine groups is 1.